The SMILES string of the molecule is Cc1cc(C)n(C(=O)Cc2cc(=O)oc3cc(O)ccc23)n1. The Balaban J connectivity index is 2.05. The highest BCUT2D eigenvalue weighted by atomic mass is 16.4. The summed E-state index contributed by atoms with van der Waals surface area (Å²) >= 11 is 0. The van der Waals surface area contributed by atoms with E-state index >= 15 is 0 Å². The van der Waals surface area contributed by atoms with Gasteiger partial charge in [-0.1, -0.05) is 0 Å². The molecule has 0 fully saturated rings. The maximum Gasteiger partial charge on any atom is 0.336 e. The van der Waals surface area contributed by atoms with Gasteiger partial charge in [0.15, 0.2) is 0 Å². The molecule has 6 nitrogen and oxygen atoms in total. The predicted octanol–water partition coefficient (Wildman–Crippen LogP) is 2.19. The minimum absolute atomic E-state index is 0.00216. The van der Waals surface area contributed by atoms with Crippen LogP contribution >= 0.6 is 0 Å². The van der Waals surface area contributed by atoms with Gasteiger partial charge >= 0.3 is 5.63 Å². The van der Waals surface area contributed by atoms with Crippen molar-refractivity contribution in [3.8, 4) is 5.75 Å². The van der Waals surface area contributed by atoms with Crippen LogP contribution in [0, 0.1) is 13.8 Å². The van der Waals surface area contributed by atoms with E-state index in [9.17, 15) is 14.7 Å². The standard InChI is InChI=1S/C16H14N2O4/c1-9-5-10(2)18(17-9)15(20)6-11-7-16(21)22-14-8-12(19)3-4-13(11)14/h3-5,7-8,19H,6H2,1-2H3. The van der Waals surface area contributed by atoms with Crippen LogP contribution in [0.15, 0.2) is 39.5 Å². The van der Waals surface area contributed by atoms with E-state index in [1.807, 2.05) is 13.0 Å². The fourth-order valence-corrected chi connectivity index (χ4v) is 2.48. The number of phenols is 1. The summed E-state index contributed by atoms with van der Waals surface area (Å²) in [6.07, 6.45) is 0.0227. The number of carbonyl (C=O) groups excluding carboxylic acids is 1. The summed E-state index contributed by atoms with van der Waals surface area (Å²) in [5.41, 5.74) is 1.74. The number of aromatic hydroxyl groups is 1. The lowest BCUT2D eigenvalue weighted by atomic mass is 10.1. The van der Waals surface area contributed by atoms with Crippen molar-refractivity contribution in [2.75, 3.05) is 0 Å². The van der Waals surface area contributed by atoms with Crippen molar-refractivity contribution >= 4 is 16.9 Å². The van der Waals surface area contributed by atoms with Gasteiger partial charge in [-0.25, -0.2) is 9.48 Å². The molecule has 3 aromatic rings. The normalized spacial score (nSPS) is 11.0. The number of aromatic nitrogens is 2. The van der Waals surface area contributed by atoms with Gasteiger partial charge in [0.25, 0.3) is 5.91 Å². The quantitative estimate of drug-likeness (QED) is 0.733. The third-order valence-electron chi connectivity index (χ3n) is 3.40. The number of benzene rings is 1. The van der Waals surface area contributed by atoms with E-state index in [1.54, 1.807) is 13.0 Å². The summed E-state index contributed by atoms with van der Waals surface area (Å²) in [6.45, 7) is 3.61. The number of nitrogens with zero attached hydrogens (tertiary/aromatic N) is 2. The van der Waals surface area contributed by atoms with Crippen LogP contribution in [0.3, 0.4) is 0 Å². The Bertz CT molecular complexity index is 937. The van der Waals surface area contributed by atoms with E-state index in [-0.39, 0.29) is 23.7 Å². The van der Waals surface area contributed by atoms with Crippen molar-refractivity contribution in [2.24, 2.45) is 0 Å². The maximum atomic E-state index is 12.4. The van der Waals surface area contributed by atoms with E-state index in [2.05, 4.69) is 5.10 Å². The first-order chi connectivity index (χ1) is 10.4. The van der Waals surface area contributed by atoms with Crippen LogP contribution in [-0.2, 0) is 6.42 Å². The molecule has 3 rings (SSSR count). The zero-order valence-electron chi connectivity index (χ0n) is 12.2. The highest BCUT2D eigenvalue weighted by Crippen LogP contribution is 2.22. The number of hydrogen-bond acceptors (Lipinski definition) is 5. The van der Waals surface area contributed by atoms with E-state index in [4.69, 9.17) is 4.42 Å². The van der Waals surface area contributed by atoms with Gasteiger partial charge < -0.3 is 9.52 Å². The Labute approximate surface area is 125 Å². The van der Waals surface area contributed by atoms with E-state index in [0.717, 1.165) is 11.4 Å². The zero-order valence-corrected chi connectivity index (χ0v) is 12.2. The van der Waals surface area contributed by atoms with Crippen molar-refractivity contribution in [1.29, 1.82) is 0 Å². The fourth-order valence-electron chi connectivity index (χ4n) is 2.48. The topological polar surface area (TPSA) is 85.3 Å². The molecule has 0 amide bonds. The van der Waals surface area contributed by atoms with Crippen molar-refractivity contribution in [3.63, 3.8) is 0 Å². The van der Waals surface area contributed by atoms with Crippen molar-refractivity contribution < 1.29 is 14.3 Å². The van der Waals surface area contributed by atoms with Crippen molar-refractivity contribution in [3.05, 3.63) is 57.7 Å². The number of aryl methyl sites for hydroxylation is 2. The fraction of sp³-hybridized carbons (Fsp3) is 0.188. The van der Waals surface area contributed by atoms with Gasteiger partial charge in [0.2, 0.25) is 0 Å². The molecular formula is C16H14N2O4. The molecule has 22 heavy (non-hydrogen) atoms. The third-order valence-corrected chi connectivity index (χ3v) is 3.40. The summed E-state index contributed by atoms with van der Waals surface area (Å²) in [6, 6.07) is 7.57. The monoisotopic (exact) mass is 298 g/mol. The molecule has 2 heterocycles. The van der Waals surface area contributed by atoms with E-state index < -0.39 is 5.63 Å². The Morgan fingerprint density at radius 3 is 2.73 bits per heavy atom. The number of carbonyl (C=O) groups is 1. The maximum absolute atomic E-state index is 12.4. The van der Waals surface area contributed by atoms with Gasteiger partial charge in [-0.05, 0) is 37.6 Å². The first kappa shape index (κ1) is 14.1. The minimum atomic E-state index is -0.561. The second kappa shape index (κ2) is 5.14. The van der Waals surface area contributed by atoms with Gasteiger partial charge in [0, 0.05) is 23.2 Å². The second-order valence-electron chi connectivity index (χ2n) is 5.18. The lowest BCUT2D eigenvalue weighted by Crippen LogP contribution is -2.17. The molecule has 0 saturated carbocycles. The molecule has 0 atom stereocenters. The van der Waals surface area contributed by atoms with Gasteiger partial charge in [-0.15, -0.1) is 0 Å². The van der Waals surface area contributed by atoms with Crippen LogP contribution in [0.2, 0.25) is 0 Å². The average molecular weight is 298 g/mol. The first-order valence-corrected chi connectivity index (χ1v) is 6.76. The summed E-state index contributed by atoms with van der Waals surface area (Å²) in [4.78, 5) is 24.0. The lowest BCUT2D eigenvalue weighted by Gasteiger charge is -2.06. The summed E-state index contributed by atoms with van der Waals surface area (Å²) < 4.78 is 6.38. The second-order valence-corrected chi connectivity index (χ2v) is 5.18. The molecule has 112 valence electrons. The van der Waals surface area contributed by atoms with Crippen LogP contribution in [0.4, 0.5) is 0 Å². The van der Waals surface area contributed by atoms with Crippen molar-refractivity contribution in [2.45, 2.75) is 20.3 Å². The molecule has 0 radical (unpaired) electrons. The smallest absolute Gasteiger partial charge is 0.336 e. The first-order valence-electron chi connectivity index (χ1n) is 6.76. The van der Waals surface area contributed by atoms with E-state index in [0.29, 0.717) is 10.9 Å². The van der Waals surface area contributed by atoms with Gasteiger partial charge in [0.1, 0.15) is 11.3 Å². The highest BCUT2D eigenvalue weighted by Gasteiger charge is 2.14. The summed E-state index contributed by atoms with van der Waals surface area (Å²) in [5.74, 6) is -0.233. The molecule has 0 spiro atoms. The van der Waals surface area contributed by atoms with E-state index in [1.165, 1.54) is 22.9 Å². The molecule has 0 aliphatic heterocycles. The van der Waals surface area contributed by atoms with Crippen LogP contribution < -0.4 is 5.63 Å². The Hall–Kier alpha value is -2.89. The van der Waals surface area contributed by atoms with Crippen LogP contribution in [0.25, 0.3) is 11.0 Å². The Kier molecular flexibility index (Phi) is 3.29. The lowest BCUT2D eigenvalue weighted by molar-refractivity contribution is 0.0896. The largest absolute Gasteiger partial charge is 0.508 e. The Morgan fingerprint density at radius 1 is 1.27 bits per heavy atom. The molecule has 0 aliphatic carbocycles. The molecule has 1 N–H and O–H groups in total. The molecule has 0 bridgehead atoms. The predicted molar refractivity (Wildman–Crippen MR) is 80.2 cm³/mol. The van der Waals surface area contributed by atoms with Crippen LogP contribution in [-0.4, -0.2) is 20.8 Å². The zero-order chi connectivity index (χ0) is 15.9. The number of phenolic OH excluding ortho intramolecular Hbond substituents is 1. The van der Waals surface area contributed by atoms with Gasteiger partial charge in [-0.2, -0.15) is 5.10 Å². The molecular weight excluding hydrogens is 284 g/mol. The molecule has 1 aromatic carbocycles. The number of fused-ring (bicyclic) bond motifs is 1. The molecule has 0 aliphatic rings. The van der Waals surface area contributed by atoms with Gasteiger partial charge in [0.05, 0.1) is 12.1 Å². The molecule has 0 unspecified atom stereocenters. The average Bonchev–Trinajstić information content (AvgIpc) is 2.77. The van der Waals surface area contributed by atoms with Crippen molar-refractivity contribution in [1.82, 2.24) is 9.78 Å². The highest BCUT2D eigenvalue weighted by molar-refractivity contribution is 5.88. The molecule has 0 saturated heterocycles. The van der Waals surface area contributed by atoms with Crippen LogP contribution in [0.1, 0.15) is 21.7 Å². The summed E-state index contributed by atoms with van der Waals surface area (Å²) in [5, 5.41) is 14.2. The van der Waals surface area contributed by atoms with Crippen LogP contribution in [0.5, 0.6) is 5.75 Å². The van der Waals surface area contributed by atoms with Gasteiger partial charge in [-0.3, -0.25) is 4.79 Å². The number of rotatable bonds is 2. The molecule has 6 heteroatoms. The Morgan fingerprint density at radius 2 is 2.05 bits per heavy atom. The number of hydrogen-bond donors (Lipinski definition) is 1. The summed E-state index contributed by atoms with van der Waals surface area (Å²) in [7, 11) is 0. The minimum Gasteiger partial charge on any atom is -0.508 e. The molecule has 2 aromatic heterocycles. The third kappa shape index (κ3) is 2.50.